The van der Waals surface area contributed by atoms with E-state index in [9.17, 15) is 4.79 Å². The zero-order chi connectivity index (χ0) is 10.3. The van der Waals surface area contributed by atoms with Crippen molar-refractivity contribution in [2.24, 2.45) is 0 Å². The van der Waals surface area contributed by atoms with E-state index in [2.05, 4.69) is 4.74 Å². The lowest BCUT2D eigenvalue weighted by atomic mass is 10.3. The summed E-state index contributed by atoms with van der Waals surface area (Å²) in [5, 5.41) is 0. The first-order valence-corrected chi connectivity index (χ1v) is 4.34. The fourth-order valence-corrected chi connectivity index (χ4v) is 1.49. The van der Waals surface area contributed by atoms with Gasteiger partial charge in [-0.3, -0.25) is 0 Å². The maximum atomic E-state index is 11.1. The predicted molar refractivity (Wildman–Crippen MR) is 45.0 cm³/mol. The average molecular weight is 200 g/mol. The van der Waals surface area contributed by atoms with Gasteiger partial charge < -0.3 is 18.9 Å². The summed E-state index contributed by atoms with van der Waals surface area (Å²) in [6, 6.07) is 0. The molecular weight excluding hydrogens is 188 g/mol. The zero-order valence-electron chi connectivity index (χ0n) is 8.27. The Morgan fingerprint density at radius 1 is 1.50 bits per heavy atom. The molecule has 0 bridgehead atoms. The second-order valence-corrected chi connectivity index (χ2v) is 3.61. The van der Waals surface area contributed by atoms with E-state index in [-0.39, 0.29) is 11.9 Å². The minimum Gasteiger partial charge on any atom is -0.463 e. The summed E-state index contributed by atoms with van der Waals surface area (Å²) in [7, 11) is 1.30. The van der Waals surface area contributed by atoms with Gasteiger partial charge in [-0.05, 0) is 13.8 Å². The fourth-order valence-electron chi connectivity index (χ4n) is 1.49. The van der Waals surface area contributed by atoms with Crippen molar-refractivity contribution < 1.29 is 23.7 Å². The molecule has 14 heavy (non-hydrogen) atoms. The second kappa shape index (κ2) is 2.96. The zero-order valence-corrected chi connectivity index (χ0v) is 8.27. The molecule has 0 aromatic carbocycles. The highest BCUT2D eigenvalue weighted by Gasteiger charge is 2.46. The van der Waals surface area contributed by atoms with E-state index >= 15 is 0 Å². The summed E-state index contributed by atoms with van der Waals surface area (Å²) in [4.78, 5) is 11.1. The van der Waals surface area contributed by atoms with Crippen molar-refractivity contribution >= 4 is 5.97 Å². The van der Waals surface area contributed by atoms with Crippen LogP contribution in [0.3, 0.4) is 0 Å². The van der Waals surface area contributed by atoms with Crippen molar-refractivity contribution in [1.82, 2.24) is 0 Å². The minimum atomic E-state index is -0.659. The number of esters is 1. The van der Waals surface area contributed by atoms with Gasteiger partial charge in [0.05, 0.1) is 7.11 Å². The first kappa shape index (κ1) is 9.48. The van der Waals surface area contributed by atoms with Crippen molar-refractivity contribution in [3.05, 3.63) is 11.8 Å². The van der Waals surface area contributed by atoms with E-state index in [0.717, 1.165) is 0 Å². The van der Waals surface area contributed by atoms with Crippen LogP contribution in [0.25, 0.3) is 0 Å². The molecule has 5 heteroatoms. The molecule has 1 fully saturated rings. The van der Waals surface area contributed by atoms with Crippen molar-refractivity contribution in [3.63, 3.8) is 0 Å². The number of fused-ring (bicyclic) bond motifs is 1. The van der Waals surface area contributed by atoms with Gasteiger partial charge in [0.1, 0.15) is 6.10 Å². The van der Waals surface area contributed by atoms with Crippen LogP contribution in [0.4, 0.5) is 0 Å². The molecule has 0 aromatic heterocycles. The first-order chi connectivity index (χ1) is 6.52. The molecule has 0 amide bonds. The van der Waals surface area contributed by atoms with Crippen molar-refractivity contribution in [1.29, 1.82) is 0 Å². The SMILES string of the molecule is COC(=O)C1=C[C@H]2OC(C)(C)O[C@H]2O1. The Hall–Kier alpha value is -1.07. The third kappa shape index (κ3) is 1.49. The van der Waals surface area contributed by atoms with Gasteiger partial charge in [-0.2, -0.15) is 0 Å². The number of methoxy groups -OCH3 is 1. The number of ether oxygens (including phenoxy) is 4. The molecule has 2 aliphatic heterocycles. The van der Waals surface area contributed by atoms with Gasteiger partial charge in [0.25, 0.3) is 0 Å². The molecule has 0 unspecified atom stereocenters. The smallest absolute Gasteiger partial charge is 0.373 e. The highest BCUT2D eigenvalue weighted by Crippen LogP contribution is 2.35. The predicted octanol–water partition coefficient (Wildman–Crippen LogP) is 0.551. The van der Waals surface area contributed by atoms with Gasteiger partial charge in [0, 0.05) is 6.08 Å². The average Bonchev–Trinajstić information content (AvgIpc) is 2.56. The lowest BCUT2D eigenvalue weighted by Gasteiger charge is -2.17. The largest absolute Gasteiger partial charge is 0.463 e. The maximum Gasteiger partial charge on any atom is 0.373 e. The van der Waals surface area contributed by atoms with Crippen LogP contribution >= 0.6 is 0 Å². The van der Waals surface area contributed by atoms with Crippen LogP contribution in [0.5, 0.6) is 0 Å². The van der Waals surface area contributed by atoms with Crippen molar-refractivity contribution in [2.45, 2.75) is 32.0 Å². The third-order valence-electron chi connectivity index (χ3n) is 2.03. The molecule has 0 saturated carbocycles. The summed E-state index contributed by atoms with van der Waals surface area (Å²) >= 11 is 0. The third-order valence-corrected chi connectivity index (χ3v) is 2.03. The van der Waals surface area contributed by atoms with Crippen molar-refractivity contribution in [2.75, 3.05) is 7.11 Å². The van der Waals surface area contributed by atoms with Crippen LogP contribution in [0, 0.1) is 0 Å². The number of hydrogen-bond acceptors (Lipinski definition) is 5. The van der Waals surface area contributed by atoms with Gasteiger partial charge in [-0.1, -0.05) is 0 Å². The summed E-state index contributed by atoms with van der Waals surface area (Å²) in [5.74, 6) is -1.02. The normalized spacial score (nSPS) is 33.2. The molecule has 0 N–H and O–H groups in total. The van der Waals surface area contributed by atoms with Crippen LogP contribution in [-0.2, 0) is 23.7 Å². The van der Waals surface area contributed by atoms with Gasteiger partial charge in [-0.15, -0.1) is 0 Å². The molecule has 2 heterocycles. The summed E-state index contributed by atoms with van der Waals surface area (Å²) in [6.45, 7) is 3.58. The second-order valence-electron chi connectivity index (χ2n) is 3.61. The van der Waals surface area contributed by atoms with Gasteiger partial charge in [0.2, 0.25) is 12.0 Å². The lowest BCUT2D eigenvalue weighted by Crippen LogP contribution is -2.23. The molecule has 5 nitrogen and oxygen atoms in total. The monoisotopic (exact) mass is 200 g/mol. The quantitative estimate of drug-likeness (QED) is 0.578. The molecule has 2 rings (SSSR count). The van der Waals surface area contributed by atoms with E-state index < -0.39 is 18.0 Å². The van der Waals surface area contributed by atoms with Gasteiger partial charge >= 0.3 is 5.97 Å². The van der Waals surface area contributed by atoms with Gasteiger partial charge in [0.15, 0.2) is 5.79 Å². The molecule has 0 radical (unpaired) electrons. The lowest BCUT2D eigenvalue weighted by molar-refractivity contribution is -0.185. The Morgan fingerprint density at radius 2 is 2.21 bits per heavy atom. The standard InChI is InChI=1S/C9H12O5/c1-9(2)13-6-4-5(7(10)11-3)12-8(6)14-9/h4,6,8H,1-3H3/t6-,8-/m1/s1. The van der Waals surface area contributed by atoms with Crippen LogP contribution in [0.15, 0.2) is 11.8 Å². The van der Waals surface area contributed by atoms with Crippen LogP contribution in [0.1, 0.15) is 13.8 Å². The molecule has 0 aromatic rings. The highest BCUT2D eigenvalue weighted by atomic mass is 16.8. The van der Waals surface area contributed by atoms with E-state index in [1.807, 2.05) is 0 Å². The van der Waals surface area contributed by atoms with Crippen molar-refractivity contribution in [3.8, 4) is 0 Å². The Morgan fingerprint density at radius 3 is 2.79 bits per heavy atom. The Balaban J connectivity index is 2.08. The van der Waals surface area contributed by atoms with Crippen LogP contribution < -0.4 is 0 Å². The molecule has 2 atom stereocenters. The molecule has 78 valence electrons. The van der Waals surface area contributed by atoms with Crippen LogP contribution in [0.2, 0.25) is 0 Å². The Labute approximate surface area is 81.6 Å². The maximum absolute atomic E-state index is 11.1. The summed E-state index contributed by atoms with van der Waals surface area (Å²) < 4.78 is 20.6. The van der Waals surface area contributed by atoms with Crippen LogP contribution in [-0.4, -0.2) is 31.3 Å². The Kier molecular flexibility index (Phi) is 2.01. The molecule has 2 aliphatic rings. The molecule has 0 spiro atoms. The van der Waals surface area contributed by atoms with E-state index in [1.54, 1.807) is 19.9 Å². The number of carbonyl (C=O) groups excluding carboxylic acids is 1. The first-order valence-electron chi connectivity index (χ1n) is 4.34. The minimum absolute atomic E-state index is 0.151. The number of hydrogen-bond donors (Lipinski definition) is 0. The van der Waals surface area contributed by atoms with E-state index in [0.29, 0.717) is 0 Å². The molecule has 0 aliphatic carbocycles. The van der Waals surface area contributed by atoms with E-state index in [4.69, 9.17) is 14.2 Å². The van der Waals surface area contributed by atoms with E-state index in [1.165, 1.54) is 7.11 Å². The molecule has 1 saturated heterocycles. The number of rotatable bonds is 1. The Bertz CT molecular complexity index is 294. The summed E-state index contributed by atoms with van der Waals surface area (Å²) in [5.41, 5.74) is 0. The van der Waals surface area contributed by atoms with Gasteiger partial charge in [-0.25, -0.2) is 4.79 Å². The topological polar surface area (TPSA) is 54.0 Å². The highest BCUT2D eigenvalue weighted by molar-refractivity contribution is 5.86. The molecular formula is C9H12O5. The number of carbonyl (C=O) groups is 1. The fraction of sp³-hybridized carbons (Fsp3) is 0.667. The summed E-state index contributed by atoms with van der Waals surface area (Å²) in [6.07, 6.45) is 0.726.